The van der Waals surface area contributed by atoms with E-state index in [1.54, 1.807) is 0 Å². The van der Waals surface area contributed by atoms with Crippen LogP contribution in [0.25, 0.3) is 76.4 Å². The predicted octanol–water partition coefficient (Wildman–Crippen LogP) is 9.62. The maximum absolute atomic E-state index is 2.47. The summed E-state index contributed by atoms with van der Waals surface area (Å²) < 4.78 is 4.76. The van der Waals surface area contributed by atoms with Crippen molar-refractivity contribution in [1.29, 1.82) is 0 Å². The molecule has 2 heteroatoms. The summed E-state index contributed by atoms with van der Waals surface area (Å²) in [7, 11) is 0. The third kappa shape index (κ3) is 2.56. The highest BCUT2D eigenvalue weighted by Crippen LogP contribution is 2.41. The minimum absolute atomic E-state index is 1.18. The van der Waals surface area contributed by atoms with Crippen molar-refractivity contribution in [1.82, 2.24) is 9.13 Å². The summed E-state index contributed by atoms with van der Waals surface area (Å²) in [6.07, 6.45) is 2.18. The Kier molecular flexibility index (Phi) is 3.82. The van der Waals surface area contributed by atoms with Gasteiger partial charge in [-0.2, -0.15) is 0 Å². The Labute approximate surface area is 218 Å². The van der Waals surface area contributed by atoms with E-state index in [4.69, 9.17) is 0 Å². The van der Waals surface area contributed by atoms with Gasteiger partial charge in [0.05, 0.1) is 22.2 Å². The lowest BCUT2D eigenvalue weighted by molar-refractivity contribution is 1.13. The van der Waals surface area contributed by atoms with Gasteiger partial charge in [-0.1, -0.05) is 84.9 Å². The molecule has 2 heterocycles. The summed E-state index contributed by atoms with van der Waals surface area (Å²) in [6, 6.07) is 46.6. The lowest BCUT2D eigenvalue weighted by atomic mass is 9.93. The number of benzene rings is 7. The van der Waals surface area contributed by atoms with Crippen LogP contribution in [0.1, 0.15) is 0 Å². The van der Waals surface area contributed by atoms with Crippen LogP contribution in [0.3, 0.4) is 0 Å². The molecule has 2 nitrogen and oxygen atoms in total. The quantitative estimate of drug-likeness (QED) is 0.217. The molecule has 0 aliphatic carbocycles. The van der Waals surface area contributed by atoms with Gasteiger partial charge in [0.2, 0.25) is 0 Å². The van der Waals surface area contributed by atoms with Crippen molar-refractivity contribution in [3.05, 3.63) is 134 Å². The van der Waals surface area contributed by atoms with Gasteiger partial charge in [0, 0.05) is 33.4 Å². The van der Waals surface area contributed by atoms with Crippen LogP contribution in [-0.4, -0.2) is 9.13 Å². The zero-order valence-corrected chi connectivity index (χ0v) is 20.6. The molecule has 0 aliphatic rings. The molecular weight excluding hydrogens is 460 g/mol. The molecule has 0 saturated heterocycles. The average Bonchev–Trinajstić information content (AvgIpc) is 3.54. The van der Waals surface area contributed by atoms with E-state index < -0.39 is 0 Å². The van der Waals surface area contributed by atoms with Crippen LogP contribution < -0.4 is 0 Å². The molecule has 0 spiro atoms. The van der Waals surface area contributed by atoms with Gasteiger partial charge in [-0.05, 0) is 69.4 Å². The predicted molar refractivity (Wildman–Crippen MR) is 161 cm³/mol. The number of para-hydroxylation sites is 2. The SMILES string of the molecule is c1ccc(-n2ccc3cc4c(cc32)c2ccccc2n4-c2ccc3ccc4cccc5ccc2c3c45)cc1. The Bertz CT molecular complexity index is 2320. The van der Waals surface area contributed by atoms with E-state index in [9.17, 15) is 0 Å². The van der Waals surface area contributed by atoms with E-state index in [0.717, 1.165) is 0 Å². The Balaban J connectivity index is 1.42. The molecule has 9 rings (SSSR count). The molecular formula is C36H22N2. The number of hydrogen-bond acceptors (Lipinski definition) is 0. The maximum Gasteiger partial charge on any atom is 0.0548 e. The van der Waals surface area contributed by atoms with Crippen LogP contribution in [0.2, 0.25) is 0 Å². The fraction of sp³-hybridized carbons (Fsp3) is 0. The van der Waals surface area contributed by atoms with Crippen LogP contribution in [0, 0.1) is 0 Å². The third-order valence-electron chi connectivity index (χ3n) is 8.26. The Morgan fingerprint density at radius 2 is 1.13 bits per heavy atom. The minimum Gasteiger partial charge on any atom is -0.317 e. The molecule has 38 heavy (non-hydrogen) atoms. The summed E-state index contributed by atoms with van der Waals surface area (Å²) in [4.78, 5) is 0. The van der Waals surface area contributed by atoms with E-state index in [1.165, 1.54) is 76.4 Å². The largest absolute Gasteiger partial charge is 0.317 e. The maximum atomic E-state index is 2.47. The molecule has 0 unspecified atom stereocenters. The molecule has 0 radical (unpaired) electrons. The van der Waals surface area contributed by atoms with Crippen LogP contribution in [0.4, 0.5) is 0 Å². The lowest BCUT2D eigenvalue weighted by Crippen LogP contribution is -1.96. The van der Waals surface area contributed by atoms with Crippen molar-refractivity contribution in [2.75, 3.05) is 0 Å². The van der Waals surface area contributed by atoms with Gasteiger partial charge in [-0.25, -0.2) is 0 Å². The molecule has 7 aromatic carbocycles. The zero-order valence-electron chi connectivity index (χ0n) is 20.6. The van der Waals surface area contributed by atoms with Gasteiger partial charge in [-0.3, -0.25) is 0 Å². The summed E-state index contributed by atoms with van der Waals surface area (Å²) in [5, 5.41) is 11.7. The van der Waals surface area contributed by atoms with E-state index in [2.05, 4.69) is 143 Å². The molecule has 9 aromatic rings. The van der Waals surface area contributed by atoms with E-state index >= 15 is 0 Å². The first-order valence-corrected chi connectivity index (χ1v) is 13.1. The van der Waals surface area contributed by atoms with Crippen LogP contribution in [-0.2, 0) is 0 Å². The third-order valence-corrected chi connectivity index (χ3v) is 8.26. The number of nitrogens with zero attached hydrogens (tertiary/aromatic N) is 2. The average molecular weight is 483 g/mol. The minimum atomic E-state index is 1.18. The van der Waals surface area contributed by atoms with E-state index in [1.807, 2.05) is 0 Å². The zero-order chi connectivity index (χ0) is 24.8. The molecule has 0 saturated carbocycles. The van der Waals surface area contributed by atoms with Crippen molar-refractivity contribution in [2.24, 2.45) is 0 Å². The Morgan fingerprint density at radius 3 is 2.00 bits per heavy atom. The molecule has 0 atom stereocenters. The summed E-state index contributed by atoms with van der Waals surface area (Å²) >= 11 is 0. The molecule has 0 aliphatic heterocycles. The Hall–Kier alpha value is -5.08. The van der Waals surface area contributed by atoms with E-state index in [0.29, 0.717) is 0 Å². The molecule has 0 bridgehead atoms. The highest BCUT2D eigenvalue weighted by Gasteiger charge is 2.18. The van der Waals surface area contributed by atoms with E-state index in [-0.39, 0.29) is 0 Å². The lowest BCUT2D eigenvalue weighted by Gasteiger charge is -2.16. The normalized spacial score (nSPS) is 12.2. The first-order valence-electron chi connectivity index (χ1n) is 13.1. The van der Waals surface area contributed by atoms with Crippen molar-refractivity contribution in [2.45, 2.75) is 0 Å². The van der Waals surface area contributed by atoms with Crippen LogP contribution in [0.5, 0.6) is 0 Å². The van der Waals surface area contributed by atoms with Crippen LogP contribution >= 0.6 is 0 Å². The number of hydrogen-bond donors (Lipinski definition) is 0. The Morgan fingerprint density at radius 1 is 0.395 bits per heavy atom. The van der Waals surface area contributed by atoms with Gasteiger partial charge in [0.25, 0.3) is 0 Å². The highest BCUT2D eigenvalue weighted by atomic mass is 15.0. The summed E-state index contributed by atoms with van der Waals surface area (Å²) in [6.45, 7) is 0. The summed E-state index contributed by atoms with van der Waals surface area (Å²) in [5.74, 6) is 0. The van der Waals surface area contributed by atoms with Gasteiger partial charge < -0.3 is 9.13 Å². The highest BCUT2D eigenvalue weighted by molar-refractivity contribution is 6.25. The molecule has 0 amide bonds. The van der Waals surface area contributed by atoms with Gasteiger partial charge in [0.1, 0.15) is 0 Å². The number of fused-ring (bicyclic) bond motifs is 4. The second kappa shape index (κ2) is 7.24. The second-order valence-corrected chi connectivity index (χ2v) is 10.2. The molecule has 2 aromatic heterocycles. The molecule has 176 valence electrons. The smallest absolute Gasteiger partial charge is 0.0548 e. The summed E-state index contributed by atoms with van der Waals surface area (Å²) in [5.41, 5.74) is 6.10. The number of aromatic nitrogens is 2. The van der Waals surface area contributed by atoms with Crippen LogP contribution in [0.15, 0.2) is 134 Å². The topological polar surface area (TPSA) is 9.86 Å². The first-order chi connectivity index (χ1) is 18.8. The standard InChI is InChI=1S/C36H22N2/c1-2-9-27(10-3-1)37-20-19-26-21-34-30(22-33(26)37)28-11-4-5-12-31(28)38(34)32-18-16-25-14-13-23-7-6-8-24-15-17-29(32)36(25)35(23)24/h1-22H. The number of rotatable bonds is 2. The van der Waals surface area contributed by atoms with Crippen molar-refractivity contribution >= 4 is 65.0 Å². The molecule has 0 fully saturated rings. The van der Waals surface area contributed by atoms with Gasteiger partial charge >= 0.3 is 0 Å². The molecule has 0 N–H and O–H groups in total. The monoisotopic (exact) mass is 482 g/mol. The van der Waals surface area contributed by atoms with Gasteiger partial charge in [-0.15, -0.1) is 0 Å². The fourth-order valence-corrected chi connectivity index (χ4v) is 6.59. The van der Waals surface area contributed by atoms with Crippen molar-refractivity contribution < 1.29 is 0 Å². The van der Waals surface area contributed by atoms with Crippen molar-refractivity contribution in [3.63, 3.8) is 0 Å². The first kappa shape index (κ1) is 20.0. The van der Waals surface area contributed by atoms with Crippen molar-refractivity contribution in [3.8, 4) is 11.4 Å². The van der Waals surface area contributed by atoms with Gasteiger partial charge in [0.15, 0.2) is 0 Å². The fourth-order valence-electron chi connectivity index (χ4n) is 6.59. The second-order valence-electron chi connectivity index (χ2n) is 10.2.